The second kappa shape index (κ2) is 7.74. The van der Waals surface area contributed by atoms with Crippen LogP contribution >= 0.6 is 0 Å². The Morgan fingerprint density at radius 1 is 1.19 bits per heavy atom. The van der Waals surface area contributed by atoms with Crippen LogP contribution in [0.4, 0.5) is 10.5 Å². The number of aromatic nitrogens is 4. The Balaban J connectivity index is 1.49. The van der Waals surface area contributed by atoms with E-state index >= 15 is 0 Å². The van der Waals surface area contributed by atoms with Gasteiger partial charge in [-0.3, -0.25) is 19.1 Å². The number of likely N-dealkylation sites (N-methyl/N-ethyl adjacent to an activating group) is 1. The molecule has 4 rings (SSSR count). The number of carbonyl (C=O) groups is 2. The molecule has 31 heavy (non-hydrogen) atoms. The zero-order valence-corrected chi connectivity index (χ0v) is 17.4. The van der Waals surface area contributed by atoms with Crippen molar-refractivity contribution in [3.05, 3.63) is 57.5 Å². The smallest absolute Gasteiger partial charge is 0.414 e. The van der Waals surface area contributed by atoms with Crippen LogP contribution in [0.5, 0.6) is 0 Å². The molecule has 1 saturated heterocycles. The normalized spacial score (nSPS) is 16.0. The highest BCUT2D eigenvalue weighted by Gasteiger charge is 2.33. The van der Waals surface area contributed by atoms with E-state index in [1.807, 2.05) is 18.2 Å². The number of rotatable bonds is 5. The number of fused-ring (bicyclic) bond motifs is 1. The Morgan fingerprint density at radius 3 is 2.61 bits per heavy atom. The van der Waals surface area contributed by atoms with E-state index in [9.17, 15) is 19.2 Å². The molecular weight excluding hydrogens is 404 g/mol. The van der Waals surface area contributed by atoms with Gasteiger partial charge in [-0.05, 0) is 12.1 Å². The number of imidazole rings is 1. The lowest BCUT2D eigenvalue weighted by molar-refractivity contribution is -0.131. The maximum atomic E-state index is 12.8. The van der Waals surface area contributed by atoms with Crippen molar-refractivity contribution in [3.63, 3.8) is 0 Å². The average Bonchev–Trinajstić information content (AvgIpc) is 3.32. The topological polar surface area (TPSA) is 112 Å². The summed E-state index contributed by atoms with van der Waals surface area (Å²) in [6.07, 6.45) is 0.432. The molecule has 1 aromatic carbocycles. The molecule has 1 unspecified atom stereocenters. The number of ether oxygens (including phenoxy) is 1. The van der Waals surface area contributed by atoms with Crippen LogP contribution in [-0.4, -0.2) is 61.8 Å². The number of hydrogen-bond acceptors (Lipinski definition) is 6. The van der Waals surface area contributed by atoms with Crippen molar-refractivity contribution >= 4 is 28.9 Å². The number of nitrogens with zero attached hydrogens (tertiary/aromatic N) is 6. The molecule has 1 atom stereocenters. The largest absolute Gasteiger partial charge is 0.442 e. The molecule has 1 aliphatic heterocycles. The van der Waals surface area contributed by atoms with Gasteiger partial charge in [0.2, 0.25) is 5.91 Å². The summed E-state index contributed by atoms with van der Waals surface area (Å²) in [7, 11) is 4.68. The summed E-state index contributed by atoms with van der Waals surface area (Å²) in [4.78, 5) is 57.2. The lowest BCUT2D eigenvalue weighted by Crippen LogP contribution is -2.45. The van der Waals surface area contributed by atoms with Crippen LogP contribution in [0.2, 0.25) is 0 Å². The number of anilines is 1. The van der Waals surface area contributed by atoms with E-state index in [0.717, 1.165) is 4.57 Å². The molecule has 3 aromatic rings. The van der Waals surface area contributed by atoms with Crippen molar-refractivity contribution in [1.82, 2.24) is 23.6 Å². The first-order valence-electron chi connectivity index (χ1n) is 9.66. The van der Waals surface area contributed by atoms with Gasteiger partial charge >= 0.3 is 11.8 Å². The zero-order valence-electron chi connectivity index (χ0n) is 17.4. The maximum Gasteiger partial charge on any atom is 0.414 e. The van der Waals surface area contributed by atoms with Gasteiger partial charge < -0.3 is 14.2 Å². The van der Waals surface area contributed by atoms with E-state index in [0.29, 0.717) is 12.2 Å². The maximum absolute atomic E-state index is 12.8. The highest BCUT2D eigenvalue weighted by atomic mass is 16.6. The van der Waals surface area contributed by atoms with Crippen LogP contribution in [0, 0.1) is 0 Å². The van der Waals surface area contributed by atoms with Gasteiger partial charge in [0.15, 0.2) is 11.2 Å². The summed E-state index contributed by atoms with van der Waals surface area (Å²) in [5.41, 5.74) is 0.000561. The molecule has 162 valence electrons. The number of cyclic esters (lactones) is 1. The molecule has 3 heterocycles. The van der Waals surface area contributed by atoms with Crippen molar-refractivity contribution in [2.75, 3.05) is 25.0 Å². The fourth-order valence-electron chi connectivity index (χ4n) is 3.63. The number of aryl methyl sites for hydroxylation is 2. The van der Waals surface area contributed by atoms with E-state index in [4.69, 9.17) is 4.74 Å². The fraction of sp³-hybridized carbons (Fsp3) is 0.350. The van der Waals surface area contributed by atoms with Crippen LogP contribution in [0.25, 0.3) is 11.2 Å². The number of amides is 2. The lowest BCUT2D eigenvalue weighted by Gasteiger charge is -2.20. The Hall–Kier alpha value is -3.89. The highest BCUT2D eigenvalue weighted by molar-refractivity contribution is 5.89. The molecule has 11 nitrogen and oxygen atoms in total. The van der Waals surface area contributed by atoms with Crippen LogP contribution in [-0.2, 0) is 30.2 Å². The molecule has 0 aliphatic carbocycles. The molecular formula is C20H22N6O5. The fourth-order valence-corrected chi connectivity index (χ4v) is 3.63. The summed E-state index contributed by atoms with van der Waals surface area (Å²) in [6, 6.07) is 9.10. The molecule has 0 bridgehead atoms. The predicted molar refractivity (Wildman–Crippen MR) is 112 cm³/mol. The first-order valence-corrected chi connectivity index (χ1v) is 9.66. The van der Waals surface area contributed by atoms with E-state index in [-0.39, 0.29) is 17.7 Å². The second-order valence-electron chi connectivity index (χ2n) is 7.49. The van der Waals surface area contributed by atoms with Gasteiger partial charge in [-0.1, -0.05) is 18.2 Å². The Labute approximate surface area is 176 Å². The van der Waals surface area contributed by atoms with E-state index < -0.39 is 35.9 Å². The monoisotopic (exact) mass is 426 g/mol. The lowest BCUT2D eigenvalue weighted by atomic mass is 10.2. The number of para-hydroxylation sites is 1. The van der Waals surface area contributed by atoms with Gasteiger partial charge in [0.25, 0.3) is 5.56 Å². The Bertz CT molecular complexity index is 1270. The molecule has 0 N–H and O–H groups in total. The van der Waals surface area contributed by atoms with Crippen molar-refractivity contribution in [3.8, 4) is 0 Å². The standard InChI is InChI=1S/C20H22N6O5/c1-22(9-14-10-25(20(30)31-14)13-7-5-4-6-8-13)15(27)11-26-18(28)16-17(21-12-23(16)2)24(3)19(26)29/h4-8,12,14H,9-11H2,1-3H3. The van der Waals surface area contributed by atoms with Crippen molar-refractivity contribution < 1.29 is 14.3 Å². The summed E-state index contributed by atoms with van der Waals surface area (Å²) in [5, 5.41) is 0. The van der Waals surface area contributed by atoms with Gasteiger partial charge in [-0.15, -0.1) is 0 Å². The van der Waals surface area contributed by atoms with E-state index in [1.54, 1.807) is 26.2 Å². The predicted octanol–water partition coefficient (Wildman–Crippen LogP) is -0.0825. The first kappa shape index (κ1) is 20.4. The third kappa shape index (κ3) is 3.58. The van der Waals surface area contributed by atoms with Gasteiger partial charge in [-0.2, -0.15) is 0 Å². The first-order chi connectivity index (χ1) is 14.8. The van der Waals surface area contributed by atoms with E-state index in [1.165, 1.54) is 32.3 Å². The second-order valence-corrected chi connectivity index (χ2v) is 7.49. The van der Waals surface area contributed by atoms with Crippen LogP contribution < -0.4 is 16.1 Å². The van der Waals surface area contributed by atoms with Gasteiger partial charge in [0.1, 0.15) is 12.6 Å². The third-order valence-corrected chi connectivity index (χ3v) is 5.34. The molecule has 11 heteroatoms. The van der Waals surface area contributed by atoms with Crippen molar-refractivity contribution in [2.24, 2.45) is 14.1 Å². The SMILES string of the molecule is CN(CC1CN(c2ccccc2)C(=O)O1)C(=O)Cn1c(=O)c2c(ncn2C)n(C)c1=O. The van der Waals surface area contributed by atoms with E-state index in [2.05, 4.69) is 4.98 Å². The Kier molecular flexibility index (Phi) is 5.09. The van der Waals surface area contributed by atoms with Gasteiger partial charge in [0.05, 0.1) is 19.4 Å². The average molecular weight is 426 g/mol. The minimum atomic E-state index is -0.625. The minimum absolute atomic E-state index is 0.136. The molecule has 2 amide bonds. The van der Waals surface area contributed by atoms with Crippen LogP contribution in [0.1, 0.15) is 0 Å². The van der Waals surface area contributed by atoms with Crippen molar-refractivity contribution in [1.29, 1.82) is 0 Å². The number of benzene rings is 1. The summed E-state index contributed by atoms with van der Waals surface area (Å²) in [5.74, 6) is -0.449. The van der Waals surface area contributed by atoms with Crippen LogP contribution in [0.3, 0.4) is 0 Å². The quantitative estimate of drug-likeness (QED) is 0.564. The number of carbonyl (C=O) groups excluding carboxylic acids is 2. The number of hydrogen-bond donors (Lipinski definition) is 0. The molecule has 2 aromatic heterocycles. The van der Waals surface area contributed by atoms with Crippen LogP contribution in [0.15, 0.2) is 46.2 Å². The minimum Gasteiger partial charge on any atom is -0.442 e. The molecule has 0 spiro atoms. The highest BCUT2D eigenvalue weighted by Crippen LogP contribution is 2.21. The van der Waals surface area contributed by atoms with Crippen molar-refractivity contribution in [2.45, 2.75) is 12.6 Å². The summed E-state index contributed by atoms with van der Waals surface area (Å²) < 4.78 is 9.01. The third-order valence-electron chi connectivity index (χ3n) is 5.34. The molecule has 1 fully saturated rings. The summed E-state index contributed by atoms with van der Waals surface area (Å²) >= 11 is 0. The zero-order chi connectivity index (χ0) is 22.3. The molecule has 1 aliphatic rings. The molecule has 0 radical (unpaired) electrons. The van der Waals surface area contributed by atoms with Gasteiger partial charge in [-0.25, -0.2) is 19.1 Å². The Morgan fingerprint density at radius 2 is 1.90 bits per heavy atom. The summed E-state index contributed by atoms with van der Waals surface area (Å²) in [6.45, 7) is 0.00623. The molecule has 0 saturated carbocycles. The van der Waals surface area contributed by atoms with Gasteiger partial charge in [0, 0.05) is 26.8 Å².